The molecule has 0 radical (unpaired) electrons. The Morgan fingerprint density at radius 1 is 1.21 bits per heavy atom. The number of thiazole rings is 1. The first kappa shape index (κ1) is 9.63. The van der Waals surface area contributed by atoms with Crippen molar-refractivity contribution in [1.29, 1.82) is 0 Å². The molecule has 0 amide bonds. The molecule has 4 aromatic rings. The van der Waals surface area contributed by atoms with E-state index in [1.165, 1.54) is 20.9 Å². The van der Waals surface area contributed by atoms with Gasteiger partial charge >= 0.3 is 0 Å². The van der Waals surface area contributed by atoms with Crippen molar-refractivity contribution < 1.29 is 4.57 Å². The van der Waals surface area contributed by atoms with Gasteiger partial charge in [-0.05, 0) is 35.6 Å². The highest BCUT2D eigenvalue weighted by Crippen LogP contribution is 2.34. The van der Waals surface area contributed by atoms with Gasteiger partial charge < -0.3 is 0 Å². The van der Waals surface area contributed by atoms with E-state index >= 15 is 0 Å². The Hall–Kier alpha value is -2.27. The van der Waals surface area contributed by atoms with E-state index in [0.29, 0.717) is 0 Å². The molecule has 0 saturated heterocycles. The van der Waals surface area contributed by atoms with Gasteiger partial charge in [0.2, 0.25) is 5.52 Å². The summed E-state index contributed by atoms with van der Waals surface area (Å²) in [6, 6.07) is 10.4. The summed E-state index contributed by atoms with van der Waals surface area (Å²) < 4.78 is 4.35. The highest BCUT2D eigenvalue weighted by Gasteiger charge is 2.34. The number of hydrogen-bond donors (Lipinski definition) is 0. The Labute approximate surface area is 112 Å². The van der Waals surface area contributed by atoms with Crippen molar-refractivity contribution in [2.24, 2.45) is 0 Å². The lowest BCUT2D eigenvalue weighted by Crippen LogP contribution is -2.29. The number of pyridine rings is 1. The van der Waals surface area contributed by atoms with E-state index < -0.39 is 0 Å². The zero-order valence-corrected chi connectivity index (χ0v) is 10.8. The second kappa shape index (κ2) is 3.19. The van der Waals surface area contributed by atoms with E-state index in [1.807, 2.05) is 29.0 Å². The van der Waals surface area contributed by atoms with Crippen LogP contribution in [0.25, 0.3) is 26.6 Å². The van der Waals surface area contributed by atoms with Gasteiger partial charge in [0.15, 0.2) is 17.1 Å². The van der Waals surface area contributed by atoms with Crippen LogP contribution in [0, 0.1) is 0 Å². The largest absolute Gasteiger partial charge is 0.291 e. The molecule has 19 heavy (non-hydrogen) atoms. The van der Waals surface area contributed by atoms with Gasteiger partial charge in [-0.2, -0.15) is 9.67 Å². The summed E-state index contributed by atoms with van der Waals surface area (Å²) in [4.78, 5) is 5.71. The van der Waals surface area contributed by atoms with Crippen LogP contribution in [0.1, 0.15) is 5.56 Å². The lowest BCUT2D eigenvalue weighted by molar-refractivity contribution is -0.641. The summed E-state index contributed by atoms with van der Waals surface area (Å²) in [6.45, 7) is 0.912. The average Bonchev–Trinajstić information content (AvgIpc) is 3.07. The highest BCUT2D eigenvalue weighted by atomic mass is 32.1. The van der Waals surface area contributed by atoms with Gasteiger partial charge in [0.05, 0.1) is 11.1 Å². The van der Waals surface area contributed by atoms with E-state index in [2.05, 4.69) is 32.8 Å². The highest BCUT2D eigenvalue weighted by molar-refractivity contribution is 7.20. The zero-order chi connectivity index (χ0) is 12.4. The van der Waals surface area contributed by atoms with Crippen molar-refractivity contribution in [3.05, 3.63) is 48.3 Å². The molecule has 1 aliphatic heterocycles. The maximum Gasteiger partial charge on any atom is 0.291 e. The first-order valence-electron chi connectivity index (χ1n) is 6.15. The lowest BCUT2D eigenvalue weighted by Gasteiger charge is -1.90. The Balaban J connectivity index is 1.93. The van der Waals surface area contributed by atoms with Crippen LogP contribution in [-0.4, -0.2) is 14.6 Å². The number of rotatable bonds is 0. The molecule has 5 heterocycles. The molecule has 0 spiro atoms. The van der Waals surface area contributed by atoms with Gasteiger partial charge in [-0.25, -0.2) is 9.50 Å². The van der Waals surface area contributed by atoms with Crippen LogP contribution in [-0.2, 0) is 6.54 Å². The summed E-state index contributed by atoms with van der Waals surface area (Å²) in [5, 5.41) is 5.67. The Morgan fingerprint density at radius 3 is 3.16 bits per heavy atom. The average molecular weight is 265 g/mol. The molecule has 1 aliphatic rings. The first-order valence-corrected chi connectivity index (χ1v) is 6.97. The topological polar surface area (TPSA) is 34.1 Å². The van der Waals surface area contributed by atoms with Crippen molar-refractivity contribution in [1.82, 2.24) is 14.6 Å². The molecule has 4 aromatic heterocycles. The summed E-state index contributed by atoms with van der Waals surface area (Å²) >= 11 is 1.77. The monoisotopic (exact) mass is 265 g/mol. The van der Waals surface area contributed by atoms with E-state index in [9.17, 15) is 0 Å². The summed E-state index contributed by atoms with van der Waals surface area (Å²) in [6.07, 6.45) is 3.69. The van der Waals surface area contributed by atoms with Crippen LogP contribution in [0.15, 0.2) is 42.7 Å². The van der Waals surface area contributed by atoms with Gasteiger partial charge in [-0.15, -0.1) is 0 Å². The third kappa shape index (κ3) is 1.11. The molecule has 90 valence electrons. The van der Waals surface area contributed by atoms with Crippen molar-refractivity contribution >= 4 is 27.2 Å². The summed E-state index contributed by atoms with van der Waals surface area (Å²) in [5.74, 6) is 0. The Kier molecular flexibility index (Phi) is 1.62. The Morgan fingerprint density at radius 2 is 2.16 bits per heavy atom. The van der Waals surface area contributed by atoms with Crippen molar-refractivity contribution in [3.8, 4) is 10.7 Å². The molecule has 0 atom stereocenters. The van der Waals surface area contributed by atoms with Gasteiger partial charge in [0.25, 0.3) is 5.01 Å². The minimum atomic E-state index is 0.912. The van der Waals surface area contributed by atoms with Crippen LogP contribution in [0.3, 0.4) is 0 Å². The predicted molar refractivity (Wildman–Crippen MR) is 73.1 cm³/mol. The van der Waals surface area contributed by atoms with Crippen molar-refractivity contribution in [3.63, 3.8) is 0 Å². The van der Waals surface area contributed by atoms with Crippen LogP contribution in [0.2, 0.25) is 0 Å². The molecule has 5 rings (SSSR count). The second-order valence-corrected chi connectivity index (χ2v) is 5.68. The van der Waals surface area contributed by atoms with E-state index in [1.54, 1.807) is 11.3 Å². The molecule has 0 N–H and O–H groups in total. The minimum Gasteiger partial charge on any atom is -0.248 e. The normalized spacial score (nSPS) is 13.1. The fourth-order valence-corrected chi connectivity index (χ4v) is 4.03. The predicted octanol–water partition coefficient (Wildman–Crippen LogP) is 2.26. The standard InChI is InChI=1S/C14H9N4S/c1-3-9-8-17-11-7-10-4-2-6-16-18(10)13(11)19-14(17)12(9)15-5-1/h1-7H,8H2/q+1. The smallest absolute Gasteiger partial charge is 0.248 e. The molecule has 5 heteroatoms. The number of hydrogen-bond acceptors (Lipinski definition) is 3. The van der Waals surface area contributed by atoms with E-state index in [4.69, 9.17) is 0 Å². The van der Waals surface area contributed by atoms with Gasteiger partial charge in [-0.1, -0.05) is 0 Å². The third-order valence-corrected chi connectivity index (χ3v) is 4.81. The summed E-state index contributed by atoms with van der Waals surface area (Å²) in [5.41, 5.74) is 4.81. The SMILES string of the molecule is c1cnc2c(c1)C[n+]1c-2sc2c1cc1cccnn12. The second-order valence-electron chi connectivity index (χ2n) is 4.70. The van der Waals surface area contributed by atoms with Gasteiger partial charge in [0.1, 0.15) is 0 Å². The van der Waals surface area contributed by atoms with Crippen LogP contribution in [0.5, 0.6) is 0 Å². The summed E-state index contributed by atoms with van der Waals surface area (Å²) in [7, 11) is 0. The van der Waals surface area contributed by atoms with E-state index in [-0.39, 0.29) is 0 Å². The lowest BCUT2D eigenvalue weighted by atomic mass is 10.2. The fraction of sp³-hybridized carbons (Fsp3) is 0.0714. The maximum absolute atomic E-state index is 4.52. The molecule has 0 bridgehead atoms. The number of nitrogens with zero attached hydrogens (tertiary/aromatic N) is 4. The minimum absolute atomic E-state index is 0.912. The van der Waals surface area contributed by atoms with Crippen LogP contribution >= 0.6 is 11.3 Å². The quantitative estimate of drug-likeness (QED) is 0.402. The molecule has 0 aromatic carbocycles. The molecule has 0 fully saturated rings. The molecule has 0 aliphatic carbocycles. The molecule has 4 nitrogen and oxygen atoms in total. The molecular formula is C14H9N4S+. The molecule has 0 saturated carbocycles. The van der Waals surface area contributed by atoms with Crippen LogP contribution < -0.4 is 4.57 Å². The van der Waals surface area contributed by atoms with E-state index in [0.717, 1.165) is 17.8 Å². The first-order chi connectivity index (χ1) is 9.42. The number of aromatic nitrogens is 4. The Bertz CT molecular complexity index is 951. The van der Waals surface area contributed by atoms with Gasteiger partial charge in [0, 0.05) is 18.5 Å². The van der Waals surface area contributed by atoms with Crippen molar-refractivity contribution in [2.75, 3.05) is 0 Å². The maximum atomic E-state index is 4.52. The number of fused-ring (bicyclic) bond motifs is 7. The zero-order valence-electron chi connectivity index (χ0n) is 9.95. The van der Waals surface area contributed by atoms with Crippen molar-refractivity contribution in [2.45, 2.75) is 6.54 Å². The van der Waals surface area contributed by atoms with Crippen LogP contribution in [0.4, 0.5) is 0 Å². The van der Waals surface area contributed by atoms with Gasteiger partial charge in [-0.3, -0.25) is 0 Å². The fourth-order valence-electron chi connectivity index (χ4n) is 2.78. The molecule has 0 unspecified atom stereocenters. The molecular weight excluding hydrogens is 256 g/mol. The third-order valence-electron chi connectivity index (χ3n) is 3.63.